The molecule has 1 heterocycles. The lowest BCUT2D eigenvalue weighted by Gasteiger charge is -2.29. The Morgan fingerprint density at radius 1 is 1.47 bits per heavy atom. The molecule has 0 aliphatic rings. The van der Waals surface area contributed by atoms with Crippen molar-refractivity contribution in [2.24, 2.45) is 11.3 Å². The van der Waals surface area contributed by atoms with E-state index in [1.807, 2.05) is 18.9 Å². The molecule has 0 aliphatic carbocycles. The van der Waals surface area contributed by atoms with E-state index in [1.165, 1.54) is 0 Å². The van der Waals surface area contributed by atoms with Crippen molar-refractivity contribution in [3.05, 3.63) is 22.6 Å². The van der Waals surface area contributed by atoms with Crippen LogP contribution < -0.4 is 10.5 Å². The minimum atomic E-state index is -0.0474. The summed E-state index contributed by atoms with van der Waals surface area (Å²) in [6.45, 7) is 10.0. The molecule has 5 heteroatoms. The third-order valence-electron chi connectivity index (χ3n) is 3.61. The zero-order valence-corrected chi connectivity index (χ0v) is 13.4. The van der Waals surface area contributed by atoms with Crippen LogP contribution in [0.4, 0.5) is 5.69 Å². The highest BCUT2D eigenvalue weighted by Gasteiger charge is 2.24. The first-order valence-corrected chi connectivity index (χ1v) is 7.32. The van der Waals surface area contributed by atoms with Gasteiger partial charge >= 0.3 is 0 Å². The Kier molecular flexibility index (Phi) is 5.47. The van der Waals surface area contributed by atoms with Crippen molar-refractivity contribution >= 4 is 18.3 Å². The molecule has 0 bridgehead atoms. The summed E-state index contributed by atoms with van der Waals surface area (Å²) in [7, 11) is 1.95. The fraction of sp³-hybridized carbons (Fsp3) is 0.714. The second kappa shape index (κ2) is 6.46. The van der Waals surface area contributed by atoms with Crippen LogP contribution in [0.3, 0.4) is 0 Å². The van der Waals surface area contributed by atoms with Gasteiger partial charge in [0.1, 0.15) is 0 Å². The number of nitrogens with zero attached hydrogens (tertiary/aromatic N) is 3. The quantitative estimate of drug-likeness (QED) is 0.843. The number of hydrogen-bond donors (Lipinski definition) is 1. The van der Waals surface area contributed by atoms with E-state index >= 15 is 0 Å². The SMILES string of the molecule is CCN(C)c1cnn(CC(CS)C(C)(C)C)c(=O)c1. The van der Waals surface area contributed by atoms with E-state index in [0.717, 1.165) is 18.0 Å². The Balaban J connectivity index is 2.95. The topological polar surface area (TPSA) is 38.1 Å². The number of anilines is 1. The molecule has 1 unspecified atom stereocenters. The summed E-state index contributed by atoms with van der Waals surface area (Å²) in [5.41, 5.74) is 0.928. The highest BCUT2D eigenvalue weighted by Crippen LogP contribution is 2.27. The lowest BCUT2D eigenvalue weighted by Crippen LogP contribution is -2.33. The lowest BCUT2D eigenvalue weighted by molar-refractivity contribution is 0.228. The van der Waals surface area contributed by atoms with Crippen LogP contribution in [-0.2, 0) is 6.54 Å². The van der Waals surface area contributed by atoms with Gasteiger partial charge in [-0.1, -0.05) is 20.8 Å². The molecule has 1 aromatic heterocycles. The van der Waals surface area contributed by atoms with Gasteiger partial charge in [0.25, 0.3) is 5.56 Å². The molecule has 0 aromatic carbocycles. The Morgan fingerprint density at radius 3 is 2.53 bits per heavy atom. The highest BCUT2D eigenvalue weighted by atomic mass is 32.1. The molecule has 0 fully saturated rings. The molecule has 1 aromatic rings. The first kappa shape index (κ1) is 16.1. The number of rotatable bonds is 5. The van der Waals surface area contributed by atoms with Crippen molar-refractivity contribution in [2.45, 2.75) is 34.2 Å². The normalized spacial score (nSPS) is 13.4. The summed E-state index contributed by atoms with van der Waals surface area (Å²) in [6.07, 6.45) is 1.75. The van der Waals surface area contributed by atoms with Gasteiger partial charge in [0.15, 0.2) is 0 Å². The van der Waals surface area contributed by atoms with Gasteiger partial charge in [-0.25, -0.2) is 4.68 Å². The summed E-state index contributed by atoms with van der Waals surface area (Å²) < 4.78 is 1.54. The van der Waals surface area contributed by atoms with Gasteiger partial charge in [-0.05, 0) is 24.0 Å². The van der Waals surface area contributed by atoms with Crippen LogP contribution in [0.2, 0.25) is 0 Å². The van der Waals surface area contributed by atoms with Crippen LogP contribution in [-0.4, -0.2) is 29.1 Å². The summed E-state index contributed by atoms with van der Waals surface area (Å²) in [4.78, 5) is 14.1. The zero-order chi connectivity index (χ0) is 14.6. The largest absolute Gasteiger partial charge is 0.373 e. The van der Waals surface area contributed by atoms with Crippen LogP contribution >= 0.6 is 12.6 Å². The molecular weight excluding hydrogens is 258 g/mol. The molecule has 0 saturated heterocycles. The fourth-order valence-corrected chi connectivity index (χ4v) is 2.43. The summed E-state index contributed by atoms with van der Waals surface area (Å²) in [5, 5.41) is 4.28. The van der Waals surface area contributed by atoms with Gasteiger partial charge in [0, 0.05) is 26.2 Å². The zero-order valence-electron chi connectivity index (χ0n) is 12.6. The Bertz CT molecular complexity index is 464. The van der Waals surface area contributed by atoms with Gasteiger partial charge in [-0.3, -0.25) is 4.79 Å². The summed E-state index contributed by atoms with van der Waals surface area (Å²) in [6, 6.07) is 1.65. The van der Waals surface area contributed by atoms with Gasteiger partial charge in [0.2, 0.25) is 0 Å². The third-order valence-corrected chi connectivity index (χ3v) is 4.05. The van der Waals surface area contributed by atoms with Crippen LogP contribution in [0.1, 0.15) is 27.7 Å². The van der Waals surface area contributed by atoms with Gasteiger partial charge in [-0.2, -0.15) is 17.7 Å². The molecule has 108 valence electrons. The van der Waals surface area contributed by atoms with E-state index in [0.29, 0.717) is 12.5 Å². The minimum Gasteiger partial charge on any atom is -0.373 e. The van der Waals surface area contributed by atoms with E-state index in [2.05, 4.69) is 38.5 Å². The van der Waals surface area contributed by atoms with Crippen molar-refractivity contribution in [2.75, 3.05) is 24.2 Å². The summed E-state index contributed by atoms with van der Waals surface area (Å²) in [5.74, 6) is 1.06. The first-order chi connectivity index (χ1) is 8.79. The molecule has 1 rings (SSSR count). The van der Waals surface area contributed by atoms with Crippen LogP contribution in [0.15, 0.2) is 17.1 Å². The molecule has 1 atom stereocenters. The standard InChI is InChI=1S/C14H25N3OS/c1-6-16(5)12-7-13(18)17(15-8-12)9-11(10-19)14(2,3)4/h7-8,11,19H,6,9-10H2,1-5H3. The third kappa shape index (κ3) is 4.27. The first-order valence-electron chi connectivity index (χ1n) is 6.68. The van der Waals surface area contributed by atoms with Crippen LogP contribution in [0, 0.1) is 11.3 Å². The average molecular weight is 283 g/mol. The molecule has 0 radical (unpaired) electrons. The van der Waals surface area contributed by atoms with Crippen LogP contribution in [0.5, 0.6) is 0 Å². The Hall–Kier alpha value is -0.970. The van der Waals surface area contributed by atoms with Gasteiger partial charge in [0.05, 0.1) is 11.9 Å². The van der Waals surface area contributed by atoms with E-state index in [1.54, 1.807) is 16.9 Å². The average Bonchev–Trinajstić information content (AvgIpc) is 2.34. The van der Waals surface area contributed by atoms with E-state index in [4.69, 9.17) is 0 Å². The minimum absolute atomic E-state index is 0.0474. The molecule has 0 amide bonds. The second-order valence-electron chi connectivity index (χ2n) is 5.99. The van der Waals surface area contributed by atoms with Gasteiger partial charge in [-0.15, -0.1) is 0 Å². The molecule has 0 N–H and O–H groups in total. The molecule has 0 saturated carbocycles. The van der Waals surface area contributed by atoms with E-state index in [9.17, 15) is 4.79 Å². The number of aromatic nitrogens is 2. The van der Waals surface area contributed by atoms with Crippen molar-refractivity contribution in [3.63, 3.8) is 0 Å². The molecule has 4 nitrogen and oxygen atoms in total. The van der Waals surface area contributed by atoms with Crippen molar-refractivity contribution in [1.82, 2.24) is 9.78 Å². The van der Waals surface area contributed by atoms with Crippen molar-refractivity contribution < 1.29 is 0 Å². The molecular formula is C14H25N3OS. The fourth-order valence-electron chi connectivity index (χ4n) is 1.77. The predicted molar refractivity (Wildman–Crippen MR) is 84.2 cm³/mol. The lowest BCUT2D eigenvalue weighted by atomic mass is 9.82. The van der Waals surface area contributed by atoms with Crippen molar-refractivity contribution in [3.8, 4) is 0 Å². The van der Waals surface area contributed by atoms with Crippen molar-refractivity contribution in [1.29, 1.82) is 0 Å². The predicted octanol–water partition coefficient (Wildman–Crippen LogP) is 2.29. The number of thiol groups is 1. The summed E-state index contributed by atoms with van der Waals surface area (Å²) >= 11 is 4.39. The molecule has 0 spiro atoms. The maximum Gasteiger partial charge on any atom is 0.268 e. The van der Waals surface area contributed by atoms with E-state index in [-0.39, 0.29) is 11.0 Å². The monoisotopic (exact) mass is 283 g/mol. The molecule has 19 heavy (non-hydrogen) atoms. The van der Waals surface area contributed by atoms with Crippen LogP contribution in [0.25, 0.3) is 0 Å². The Labute approximate surface area is 121 Å². The van der Waals surface area contributed by atoms with Gasteiger partial charge < -0.3 is 4.90 Å². The second-order valence-corrected chi connectivity index (χ2v) is 6.36. The maximum absolute atomic E-state index is 12.1. The highest BCUT2D eigenvalue weighted by molar-refractivity contribution is 7.80. The number of hydrogen-bond acceptors (Lipinski definition) is 4. The maximum atomic E-state index is 12.1. The van der Waals surface area contributed by atoms with E-state index < -0.39 is 0 Å². The Morgan fingerprint density at radius 2 is 2.11 bits per heavy atom. The smallest absolute Gasteiger partial charge is 0.268 e. The molecule has 0 aliphatic heterocycles.